The molecule has 1 aliphatic heterocycles. The molecule has 1 amide bonds. The van der Waals surface area contributed by atoms with Gasteiger partial charge in [-0.1, -0.05) is 12.1 Å². The van der Waals surface area contributed by atoms with Crippen LogP contribution >= 0.6 is 11.3 Å². The molecule has 6 heteroatoms. The van der Waals surface area contributed by atoms with E-state index in [1.54, 1.807) is 11.3 Å². The summed E-state index contributed by atoms with van der Waals surface area (Å²) in [5, 5.41) is 6.08. The van der Waals surface area contributed by atoms with Crippen molar-refractivity contribution in [1.29, 1.82) is 0 Å². The Morgan fingerprint density at radius 1 is 1.33 bits per heavy atom. The van der Waals surface area contributed by atoms with Crippen LogP contribution < -0.4 is 14.9 Å². The first-order valence-corrected chi connectivity index (χ1v) is 7.36. The van der Waals surface area contributed by atoms with E-state index >= 15 is 0 Å². The van der Waals surface area contributed by atoms with Crippen molar-refractivity contribution in [3.63, 3.8) is 0 Å². The standard InChI is InChI=1S/C15H14N2O3S/c1-10(14-3-2-6-21-14)16-17-15(18)8-11-4-5-12-13(7-11)20-9-19-12/h2-7H,8-9H2,1H3,(H,17,18)/b16-10-. The van der Waals surface area contributed by atoms with Gasteiger partial charge >= 0.3 is 0 Å². The second-order valence-corrected chi connectivity index (χ2v) is 5.52. The van der Waals surface area contributed by atoms with E-state index in [-0.39, 0.29) is 19.1 Å². The van der Waals surface area contributed by atoms with Crippen molar-refractivity contribution in [2.24, 2.45) is 5.10 Å². The molecule has 1 aromatic carbocycles. The number of hydrogen-bond donors (Lipinski definition) is 1. The van der Waals surface area contributed by atoms with E-state index in [0.29, 0.717) is 11.5 Å². The Hall–Kier alpha value is -2.34. The van der Waals surface area contributed by atoms with Crippen molar-refractivity contribution in [3.8, 4) is 11.5 Å². The van der Waals surface area contributed by atoms with Gasteiger partial charge in [0.25, 0.3) is 0 Å². The van der Waals surface area contributed by atoms with Gasteiger partial charge in [-0.25, -0.2) is 5.43 Å². The number of carbonyl (C=O) groups excluding carboxylic acids is 1. The minimum Gasteiger partial charge on any atom is -0.454 e. The quantitative estimate of drug-likeness (QED) is 0.697. The molecule has 0 radical (unpaired) electrons. The number of rotatable bonds is 4. The summed E-state index contributed by atoms with van der Waals surface area (Å²) in [5.74, 6) is 1.23. The van der Waals surface area contributed by atoms with E-state index in [9.17, 15) is 4.79 Å². The molecule has 1 aliphatic rings. The van der Waals surface area contributed by atoms with Gasteiger partial charge in [-0.3, -0.25) is 4.79 Å². The SMILES string of the molecule is C/C(=N/NC(=O)Cc1ccc2c(c1)OCO2)c1cccs1. The minimum atomic E-state index is -0.162. The van der Waals surface area contributed by atoms with E-state index < -0.39 is 0 Å². The van der Waals surface area contributed by atoms with Crippen LogP contribution in [-0.2, 0) is 11.2 Å². The number of hydrogen-bond acceptors (Lipinski definition) is 5. The number of benzene rings is 1. The van der Waals surface area contributed by atoms with Gasteiger partial charge in [0.05, 0.1) is 12.1 Å². The fourth-order valence-corrected chi connectivity index (χ4v) is 2.64. The molecule has 2 heterocycles. The summed E-state index contributed by atoms with van der Waals surface area (Å²) in [7, 11) is 0. The number of amides is 1. The first-order chi connectivity index (χ1) is 10.2. The Morgan fingerprint density at radius 3 is 3.00 bits per heavy atom. The Balaban J connectivity index is 1.60. The van der Waals surface area contributed by atoms with E-state index in [4.69, 9.17) is 9.47 Å². The number of carbonyl (C=O) groups is 1. The summed E-state index contributed by atoms with van der Waals surface area (Å²) in [6, 6.07) is 9.40. The summed E-state index contributed by atoms with van der Waals surface area (Å²) in [4.78, 5) is 12.9. The lowest BCUT2D eigenvalue weighted by molar-refractivity contribution is -0.120. The molecule has 108 valence electrons. The maximum Gasteiger partial charge on any atom is 0.244 e. The fraction of sp³-hybridized carbons (Fsp3) is 0.200. The summed E-state index contributed by atoms with van der Waals surface area (Å²) in [5.41, 5.74) is 4.23. The molecule has 0 spiro atoms. The molecule has 5 nitrogen and oxygen atoms in total. The predicted octanol–water partition coefficient (Wildman–Crippen LogP) is 2.56. The van der Waals surface area contributed by atoms with Gasteiger partial charge in [0.1, 0.15) is 0 Å². The summed E-state index contributed by atoms with van der Waals surface area (Å²) >= 11 is 1.59. The zero-order chi connectivity index (χ0) is 14.7. The number of fused-ring (bicyclic) bond motifs is 1. The average molecular weight is 302 g/mol. The lowest BCUT2D eigenvalue weighted by Gasteiger charge is -2.03. The van der Waals surface area contributed by atoms with Crippen LogP contribution in [-0.4, -0.2) is 18.4 Å². The zero-order valence-corrected chi connectivity index (χ0v) is 12.3. The highest BCUT2D eigenvalue weighted by Crippen LogP contribution is 2.32. The van der Waals surface area contributed by atoms with Gasteiger partial charge in [-0.05, 0) is 36.1 Å². The third-order valence-electron chi connectivity index (χ3n) is 3.03. The molecule has 2 aromatic rings. The largest absolute Gasteiger partial charge is 0.454 e. The molecule has 3 rings (SSSR count). The Kier molecular flexibility index (Phi) is 3.87. The number of ether oxygens (including phenoxy) is 2. The van der Waals surface area contributed by atoms with Crippen molar-refractivity contribution < 1.29 is 14.3 Å². The molecule has 1 N–H and O–H groups in total. The molecule has 0 aliphatic carbocycles. The minimum absolute atomic E-state index is 0.162. The van der Waals surface area contributed by atoms with Gasteiger partial charge in [-0.2, -0.15) is 5.10 Å². The summed E-state index contributed by atoms with van der Waals surface area (Å²) < 4.78 is 10.5. The Labute approximate surface area is 126 Å². The van der Waals surface area contributed by atoms with Gasteiger partial charge < -0.3 is 9.47 Å². The van der Waals surface area contributed by atoms with Crippen LogP contribution in [0, 0.1) is 0 Å². The average Bonchev–Trinajstić information content (AvgIpc) is 3.15. The van der Waals surface area contributed by atoms with Crippen LogP contribution in [0.4, 0.5) is 0 Å². The zero-order valence-electron chi connectivity index (χ0n) is 11.5. The Bertz CT molecular complexity index is 680. The van der Waals surface area contributed by atoms with Crippen LogP contribution in [0.25, 0.3) is 0 Å². The molecule has 1 aromatic heterocycles. The van der Waals surface area contributed by atoms with Gasteiger partial charge in [0, 0.05) is 4.88 Å². The predicted molar refractivity (Wildman–Crippen MR) is 80.9 cm³/mol. The molecule has 0 fully saturated rings. The first-order valence-electron chi connectivity index (χ1n) is 6.48. The number of nitrogens with zero attached hydrogens (tertiary/aromatic N) is 1. The van der Waals surface area contributed by atoms with Crippen LogP contribution in [0.5, 0.6) is 11.5 Å². The van der Waals surface area contributed by atoms with E-state index in [2.05, 4.69) is 10.5 Å². The monoisotopic (exact) mass is 302 g/mol. The smallest absolute Gasteiger partial charge is 0.244 e. The van der Waals surface area contributed by atoms with Crippen molar-refractivity contribution in [2.75, 3.05) is 6.79 Å². The van der Waals surface area contributed by atoms with E-state index in [0.717, 1.165) is 16.2 Å². The number of nitrogens with one attached hydrogen (secondary N) is 1. The Morgan fingerprint density at radius 2 is 2.19 bits per heavy atom. The molecule has 0 atom stereocenters. The third kappa shape index (κ3) is 3.22. The summed E-state index contributed by atoms with van der Waals surface area (Å²) in [6.45, 7) is 2.10. The van der Waals surface area contributed by atoms with Gasteiger partial charge in [-0.15, -0.1) is 11.3 Å². The van der Waals surface area contributed by atoms with Crippen molar-refractivity contribution >= 4 is 23.0 Å². The van der Waals surface area contributed by atoms with Crippen molar-refractivity contribution in [1.82, 2.24) is 5.43 Å². The van der Waals surface area contributed by atoms with Crippen LogP contribution in [0.15, 0.2) is 40.8 Å². The van der Waals surface area contributed by atoms with E-state index in [1.807, 2.05) is 42.6 Å². The molecular weight excluding hydrogens is 288 g/mol. The first kappa shape index (κ1) is 13.6. The molecule has 0 bridgehead atoms. The normalized spacial score (nSPS) is 13.3. The van der Waals surface area contributed by atoms with Crippen molar-refractivity contribution in [2.45, 2.75) is 13.3 Å². The number of hydrazone groups is 1. The number of thiophene rings is 1. The summed E-state index contributed by atoms with van der Waals surface area (Å²) in [6.07, 6.45) is 0.248. The molecule has 0 saturated carbocycles. The maximum absolute atomic E-state index is 11.9. The fourth-order valence-electron chi connectivity index (χ4n) is 1.96. The van der Waals surface area contributed by atoms with Crippen LogP contribution in [0.1, 0.15) is 17.4 Å². The molecular formula is C15H14N2O3S. The molecule has 0 unspecified atom stereocenters. The third-order valence-corrected chi connectivity index (χ3v) is 4.01. The van der Waals surface area contributed by atoms with Gasteiger partial charge in [0.2, 0.25) is 12.7 Å². The lowest BCUT2D eigenvalue weighted by Crippen LogP contribution is -2.21. The van der Waals surface area contributed by atoms with Crippen LogP contribution in [0.3, 0.4) is 0 Å². The highest BCUT2D eigenvalue weighted by molar-refractivity contribution is 7.12. The van der Waals surface area contributed by atoms with Crippen molar-refractivity contribution in [3.05, 3.63) is 46.2 Å². The topological polar surface area (TPSA) is 59.9 Å². The van der Waals surface area contributed by atoms with Gasteiger partial charge in [0.15, 0.2) is 11.5 Å². The second-order valence-electron chi connectivity index (χ2n) is 4.57. The molecule has 21 heavy (non-hydrogen) atoms. The lowest BCUT2D eigenvalue weighted by atomic mass is 10.1. The van der Waals surface area contributed by atoms with Crippen LogP contribution in [0.2, 0.25) is 0 Å². The molecule has 0 saturated heterocycles. The second kappa shape index (κ2) is 5.97. The maximum atomic E-state index is 11.9. The highest BCUT2D eigenvalue weighted by atomic mass is 32.1. The van der Waals surface area contributed by atoms with E-state index in [1.165, 1.54) is 0 Å². The highest BCUT2D eigenvalue weighted by Gasteiger charge is 2.14.